The van der Waals surface area contributed by atoms with Crippen molar-refractivity contribution in [3.63, 3.8) is 0 Å². The quantitative estimate of drug-likeness (QED) is 0.844. The lowest BCUT2D eigenvalue weighted by Gasteiger charge is -2.44. The predicted octanol–water partition coefficient (Wildman–Crippen LogP) is 2.35. The number of likely N-dealkylation sites (tertiary alicyclic amines) is 1. The number of carbonyl (C=O) groups is 1. The maximum Gasteiger partial charge on any atom is 0.274 e. The number of anilines is 1. The van der Waals surface area contributed by atoms with Crippen molar-refractivity contribution in [2.24, 2.45) is 11.8 Å². The van der Waals surface area contributed by atoms with E-state index in [0.29, 0.717) is 17.5 Å². The smallest absolute Gasteiger partial charge is 0.274 e. The highest BCUT2D eigenvalue weighted by Crippen LogP contribution is 2.36. The van der Waals surface area contributed by atoms with E-state index in [4.69, 9.17) is 0 Å². The Morgan fingerprint density at radius 3 is 2.68 bits per heavy atom. The molecule has 4 rings (SSSR count). The van der Waals surface area contributed by atoms with Gasteiger partial charge in [0.2, 0.25) is 5.91 Å². The van der Waals surface area contributed by atoms with Gasteiger partial charge in [-0.1, -0.05) is 19.3 Å². The minimum Gasteiger partial charge on any atom is -0.320 e. The summed E-state index contributed by atoms with van der Waals surface area (Å²) in [5.74, 6) is 1.71. The summed E-state index contributed by atoms with van der Waals surface area (Å²) in [4.78, 5) is 29.5. The third-order valence-corrected chi connectivity index (χ3v) is 6.65. The van der Waals surface area contributed by atoms with Gasteiger partial charge in [-0.2, -0.15) is 0 Å². The standard InChI is InChI=1S/C22H34N4O2/c1-24(2)15-21(27)23-19-8-9-20-18-10-17(13-26(20)22(19)28)12-25(14-18)11-16-6-4-3-5-7-16/h8-9,16-18H,3-7,10-15H2,1-2H3,(H,23,27)/t17-,18-/m1/s1. The number of aromatic nitrogens is 1. The number of amides is 1. The molecule has 6 nitrogen and oxygen atoms in total. The summed E-state index contributed by atoms with van der Waals surface area (Å²) >= 11 is 0. The van der Waals surface area contributed by atoms with Gasteiger partial charge in [0.25, 0.3) is 5.56 Å². The summed E-state index contributed by atoms with van der Waals surface area (Å²) in [5, 5.41) is 2.80. The number of hydrogen-bond acceptors (Lipinski definition) is 4. The van der Waals surface area contributed by atoms with Crippen molar-refractivity contribution < 1.29 is 4.79 Å². The highest BCUT2D eigenvalue weighted by Gasteiger charge is 2.35. The second-order valence-corrected chi connectivity index (χ2v) is 9.39. The Balaban J connectivity index is 1.47. The van der Waals surface area contributed by atoms with Crippen LogP contribution in [0.5, 0.6) is 0 Å². The molecule has 0 aromatic carbocycles. The second-order valence-electron chi connectivity index (χ2n) is 9.39. The fraction of sp³-hybridized carbons (Fsp3) is 0.727. The Labute approximate surface area is 167 Å². The molecule has 2 bridgehead atoms. The van der Waals surface area contributed by atoms with E-state index < -0.39 is 0 Å². The van der Waals surface area contributed by atoms with E-state index in [9.17, 15) is 9.59 Å². The Morgan fingerprint density at radius 2 is 1.93 bits per heavy atom. The number of hydrogen-bond donors (Lipinski definition) is 1. The number of likely N-dealkylation sites (N-methyl/N-ethyl adjacent to an activating group) is 1. The highest BCUT2D eigenvalue weighted by molar-refractivity contribution is 5.92. The average Bonchev–Trinajstić information content (AvgIpc) is 2.64. The number of pyridine rings is 1. The highest BCUT2D eigenvalue weighted by atomic mass is 16.2. The van der Waals surface area contributed by atoms with Crippen molar-refractivity contribution in [2.45, 2.75) is 51.0 Å². The van der Waals surface area contributed by atoms with Crippen LogP contribution < -0.4 is 10.9 Å². The summed E-state index contributed by atoms with van der Waals surface area (Å²) < 4.78 is 1.93. The molecule has 0 spiro atoms. The van der Waals surface area contributed by atoms with Crippen LogP contribution in [0.4, 0.5) is 5.69 Å². The van der Waals surface area contributed by atoms with Crippen LogP contribution in [0, 0.1) is 11.8 Å². The minimum atomic E-state index is -0.141. The molecular formula is C22H34N4O2. The van der Waals surface area contributed by atoms with Crippen molar-refractivity contribution in [1.29, 1.82) is 0 Å². The third kappa shape index (κ3) is 4.33. The zero-order valence-electron chi connectivity index (χ0n) is 17.3. The number of nitrogens with zero attached hydrogens (tertiary/aromatic N) is 3. The van der Waals surface area contributed by atoms with Crippen molar-refractivity contribution in [1.82, 2.24) is 14.4 Å². The number of fused-ring (bicyclic) bond motifs is 4. The van der Waals surface area contributed by atoms with Gasteiger partial charge < -0.3 is 19.7 Å². The summed E-state index contributed by atoms with van der Waals surface area (Å²) in [6, 6.07) is 3.87. The Hall–Kier alpha value is -1.66. The van der Waals surface area contributed by atoms with Crippen LogP contribution in [0.25, 0.3) is 0 Å². The molecule has 1 saturated carbocycles. The van der Waals surface area contributed by atoms with Crippen molar-refractivity contribution in [3.05, 3.63) is 28.2 Å². The fourth-order valence-electron chi connectivity index (χ4n) is 5.50. The van der Waals surface area contributed by atoms with Gasteiger partial charge in [-0.05, 0) is 57.3 Å². The number of piperidine rings is 1. The van der Waals surface area contributed by atoms with Gasteiger partial charge >= 0.3 is 0 Å². The molecule has 1 aromatic heterocycles. The van der Waals surface area contributed by atoms with Crippen LogP contribution in [0.1, 0.15) is 50.1 Å². The van der Waals surface area contributed by atoms with Crippen LogP contribution in [0.2, 0.25) is 0 Å². The van der Waals surface area contributed by atoms with Gasteiger partial charge in [0.15, 0.2) is 0 Å². The lowest BCUT2D eigenvalue weighted by Crippen LogP contribution is -2.48. The van der Waals surface area contributed by atoms with E-state index in [1.54, 1.807) is 4.90 Å². The van der Waals surface area contributed by atoms with Crippen LogP contribution in [0.3, 0.4) is 0 Å². The zero-order valence-corrected chi connectivity index (χ0v) is 17.3. The largest absolute Gasteiger partial charge is 0.320 e. The normalized spacial score (nSPS) is 25.5. The summed E-state index contributed by atoms with van der Waals surface area (Å²) in [6.07, 6.45) is 8.16. The fourth-order valence-corrected chi connectivity index (χ4v) is 5.50. The first-order chi connectivity index (χ1) is 13.5. The van der Waals surface area contributed by atoms with E-state index in [0.717, 1.165) is 31.2 Å². The molecule has 0 radical (unpaired) electrons. The molecule has 6 heteroatoms. The SMILES string of the molecule is CN(C)CC(=O)Nc1ccc2n(c1=O)C[C@@H]1C[C@@H]2CN(CC2CCCCC2)C1. The molecule has 0 unspecified atom stereocenters. The van der Waals surface area contributed by atoms with E-state index in [1.807, 2.05) is 24.7 Å². The van der Waals surface area contributed by atoms with Gasteiger partial charge in [-0.15, -0.1) is 0 Å². The first kappa shape index (κ1) is 19.6. The number of rotatable bonds is 5. The van der Waals surface area contributed by atoms with Gasteiger partial charge in [0.05, 0.1) is 6.54 Å². The van der Waals surface area contributed by atoms with Gasteiger partial charge in [-0.25, -0.2) is 0 Å². The van der Waals surface area contributed by atoms with Gasteiger partial charge in [0.1, 0.15) is 5.69 Å². The summed E-state index contributed by atoms with van der Waals surface area (Å²) in [6.45, 7) is 4.47. The number of carbonyl (C=O) groups excluding carboxylic acids is 1. The predicted molar refractivity (Wildman–Crippen MR) is 112 cm³/mol. The average molecular weight is 387 g/mol. The Morgan fingerprint density at radius 1 is 1.14 bits per heavy atom. The first-order valence-corrected chi connectivity index (χ1v) is 10.9. The molecule has 1 amide bonds. The minimum absolute atomic E-state index is 0.0416. The second kappa shape index (κ2) is 8.37. The van der Waals surface area contributed by atoms with E-state index in [-0.39, 0.29) is 18.0 Å². The van der Waals surface area contributed by atoms with Crippen LogP contribution >= 0.6 is 0 Å². The molecule has 3 aliphatic rings. The molecule has 1 N–H and O–H groups in total. The lowest BCUT2D eigenvalue weighted by atomic mass is 9.81. The molecule has 28 heavy (non-hydrogen) atoms. The maximum absolute atomic E-state index is 13.0. The van der Waals surface area contributed by atoms with Crippen molar-refractivity contribution in [2.75, 3.05) is 45.6 Å². The van der Waals surface area contributed by atoms with Crippen molar-refractivity contribution >= 4 is 11.6 Å². The maximum atomic E-state index is 13.0. The van der Waals surface area contributed by atoms with Crippen LogP contribution in [0.15, 0.2) is 16.9 Å². The lowest BCUT2D eigenvalue weighted by molar-refractivity contribution is -0.116. The molecule has 2 fully saturated rings. The van der Waals surface area contributed by atoms with Gasteiger partial charge in [0, 0.05) is 37.8 Å². The molecule has 2 aliphatic heterocycles. The zero-order chi connectivity index (χ0) is 19.7. The molecule has 1 aromatic rings. The molecule has 154 valence electrons. The molecule has 1 aliphatic carbocycles. The molecule has 2 atom stereocenters. The first-order valence-electron chi connectivity index (χ1n) is 10.9. The van der Waals surface area contributed by atoms with Crippen LogP contribution in [-0.2, 0) is 11.3 Å². The van der Waals surface area contributed by atoms with Crippen molar-refractivity contribution in [3.8, 4) is 0 Å². The van der Waals surface area contributed by atoms with Gasteiger partial charge in [-0.3, -0.25) is 9.59 Å². The van der Waals surface area contributed by atoms with Crippen LogP contribution in [-0.4, -0.2) is 60.5 Å². The number of nitrogens with one attached hydrogen (secondary N) is 1. The molecule has 3 heterocycles. The summed E-state index contributed by atoms with van der Waals surface area (Å²) in [7, 11) is 3.69. The van der Waals surface area contributed by atoms with E-state index in [2.05, 4.69) is 16.3 Å². The Bertz CT molecular complexity index is 766. The van der Waals surface area contributed by atoms with E-state index >= 15 is 0 Å². The molecule has 1 saturated heterocycles. The monoisotopic (exact) mass is 386 g/mol. The van der Waals surface area contributed by atoms with E-state index in [1.165, 1.54) is 45.1 Å². The summed E-state index contributed by atoms with van der Waals surface area (Å²) in [5.41, 5.74) is 1.52. The molecular weight excluding hydrogens is 352 g/mol. The Kier molecular flexibility index (Phi) is 5.88. The topological polar surface area (TPSA) is 57.6 Å². The third-order valence-electron chi connectivity index (χ3n) is 6.65.